The van der Waals surface area contributed by atoms with Gasteiger partial charge in [0.25, 0.3) is 0 Å². The van der Waals surface area contributed by atoms with Gasteiger partial charge in [-0.15, -0.1) is 0 Å². The molecule has 0 aromatic rings. The number of carbonyl (C=O) groups excluding carboxylic acids is 2. The summed E-state index contributed by atoms with van der Waals surface area (Å²) >= 11 is 0. The first-order chi connectivity index (χ1) is 16.3. The van der Waals surface area contributed by atoms with E-state index in [9.17, 15) is 24.9 Å². The molecule has 3 N–H and O–H groups in total. The number of epoxide rings is 1. The van der Waals surface area contributed by atoms with E-state index in [1.807, 2.05) is 13.8 Å². The lowest BCUT2D eigenvalue weighted by Crippen LogP contribution is -2.65. The molecule has 4 saturated carbocycles. The van der Waals surface area contributed by atoms with E-state index in [1.54, 1.807) is 19.1 Å². The van der Waals surface area contributed by atoms with Crippen LogP contribution in [-0.4, -0.2) is 62.2 Å². The monoisotopic (exact) mass is 486 g/mol. The highest BCUT2D eigenvalue weighted by atomic mass is 16.6. The van der Waals surface area contributed by atoms with Crippen LogP contribution in [0.2, 0.25) is 0 Å². The molecule has 5 aliphatic carbocycles. The maximum Gasteiger partial charge on any atom is 0.338 e. The van der Waals surface area contributed by atoms with E-state index >= 15 is 0 Å². The van der Waals surface area contributed by atoms with Crippen molar-refractivity contribution in [2.45, 2.75) is 108 Å². The highest BCUT2D eigenvalue weighted by Crippen LogP contribution is 2.74. The molecule has 0 amide bonds. The first-order valence-electron chi connectivity index (χ1n) is 13.5. The number of aliphatic hydroxyl groups excluding tert-OH is 1. The van der Waals surface area contributed by atoms with Crippen LogP contribution in [-0.2, 0) is 19.1 Å². The summed E-state index contributed by atoms with van der Waals surface area (Å²) in [7, 11) is 0. The van der Waals surface area contributed by atoms with Crippen molar-refractivity contribution < 1.29 is 34.4 Å². The Morgan fingerprint density at radius 2 is 1.69 bits per heavy atom. The zero-order valence-electron chi connectivity index (χ0n) is 21.1. The third-order valence-corrected chi connectivity index (χ3v) is 13.0. The number of hydrogen-bond donors (Lipinski definition) is 3. The van der Waals surface area contributed by atoms with E-state index in [0.29, 0.717) is 19.3 Å². The number of rotatable bonds is 1. The number of aliphatic hydroxyl groups is 3. The van der Waals surface area contributed by atoms with Gasteiger partial charge in [-0.25, -0.2) is 4.79 Å². The lowest BCUT2D eigenvalue weighted by atomic mass is 9.44. The summed E-state index contributed by atoms with van der Waals surface area (Å²) in [6.45, 7) is 7.72. The quantitative estimate of drug-likeness (QED) is 0.385. The van der Waals surface area contributed by atoms with Crippen molar-refractivity contribution in [3.63, 3.8) is 0 Å². The van der Waals surface area contributed by atoms with Gasteiger partial charge in [0, 0.05) is 11.3 Å². The smallest absolute Gasteiger partial charge is 0.338 e. The predicted molar refractivity (Wildman–Crippen MR) is 124 cm³/mol. The van der Waals surface area contributed by atoms with Gasteiger partial charge in [-0.05, 0) is 94.1 Å². The molecule has 7 aliphatic rings. The second kappa shape index (κ2) is 6.23. The molecule has 0 radical (unpaired) electrons. The predicted octanol–water partition coefficient (Wildman–Crippen LogP) is 2.30. The SMILES string of the molecule is C[C@@]12C[C@H](OC(=O)[C@@]1(C)O)[C@@H]([C@]1(O)CC[C@H]3[C@@H]4C[C@H]5O[C@@]56[C@@H](O)C=CC(=O)[C@]6(C)[C@H]4CC[C@@]31C)C2. The Bertz CT molecular complexity index is 1070. The number of esters is 1. The summed E-state index contributed by atoms with van der Waals surface area (Å²) < 4.78 is 12.0. The molecule has 35 heavy (non-hydrogen) atoms. The van der Waals surface area contributed by atoms with Crippen molar-refractivity contribution in [3.05, 3.63) is 12.2 Å². The minimum Gasteiger partial charge on any atom is -0.460 e. The van der Waals surface area contributed by atoms with Crippen LogP contribution in [0.3, 0.4) is 0 Å². The van der Waals surface area contributed by atoms with E-state index in [0.717, 1.165) is 25.7 Å². The number of allylic oxidation sites excluding steroid dienone is 1. The summed E-state index contributed by atoms with van der Waals surface area (Å²) in [5, 5.41) is 34.3. The Morgan fingerprint density at radius 1 is 0.971 bits per heavy atom. The van der Waals surface area contributed by atoms with Crippen molar-refractivity contribution in [1.29, 1.82) is 0 Å². The average molecular weight is 487 g/mol. The highest BCUT2D eigenvalue weighted by molar-refractivity contribution is 5.98. The van der Waals surface area contributed by atoms with E-state index in [4.69, 9.17) is 9.47 Å². The molecule has 0 unspecified atom stereocenters. The van der Waals surface area contributed by atoms with Crippen LogP contribution in [0.5, 0.6) is 0 Å². The molecular weight excluding hydrogens is 448 g/mol. The van der Waals surface area contributed by atoms with E-state index in [2.05, 4.69) is 6.92 Å². The molecule has 192 valence electrons. The van der Waals surface area contributed by atoms with Crippen LogP contribution in [0.25, 0.3) is 0 Å². The van der Waals surface area contributed by atoms with Gasteiger partial charge in [0.15, 0.2) is 11.4 Å². The molecule has 1 spiro atoms. The number of ketones is 1. The zero-order valence-corrected chi connectivity index (χ0v) is 21.1. The number of fused-ring (bicyclic) bond motifs is 6. The van der Waals surface area contributed by atoms with Gasteiger partial charge < -0.3 is 24.8 Å². The Labute approximate surface area is 206 Å². The van der Waals surface area contributed by atoms with Gasteiger partial charge in [0.2, 0.25) is 0 Å². The topological polar surface area (TPSA) is 117 Å². The summed E-state index contributed by atoms with van der Waals surface area (Å²) in [5.41, 5.74) is -5.08. The third-order valence-electron chi connectivity index (χ3n) is 13.0. The first kappa shape index (κ1) is 22.9. The Morgan fingerprint density at radius 3 is 2.43 bits per heavy atom. The molecule has 2 saturated heterocycles. The standard InChI is InChI=1S/C28H38O7/c1-23-12-17(18(13-23)34-22(31)26(23,4)32)27(33)10-8-15-14-11-21-28(35-21)20(30)6-5-19(29)25(28,3)16(14)7-9-24(15,27)2/h5-6,14-18,20-21,30,32-33H,7-13H2,1-4H3/t14-,15-,16-,17-,18-,20-,21+,23+,24-,25-,26+,27+,28-/m0/s1. The van der Waals surface area contributed by atoms with Gasteiger partial charge in [0.1, 0.15) is 17.8 Å². The number of hydrogen-bond acceptors (Lipinski definition) is 7. The van der Waals surface area contributed by atoms with Gasteiger partial charge >= 0.3 is 5.97 Å². The second-order valence-corrected chi connectivity index (χ2v) is 13.9. The molecule has 0 aromatic carbocycles. The molecular formula is C28H38O7. The van der Waals surface area contributed by atoms with Crippen LogP contribution in [0, 0.1) is 39.9 Å². The van der Waals surface area contributed by atoms with Gasteiger partial charge in [-0.1, -0.05) is 13.8 Å². The fourth-order valence-electron chi connectivity index (χ4n) is 10.6. The van der Waals surface area contributed by atoms with Crippen molar-refractivity contribution >= 4 is 11.8 Å². The fraction of sp³-hybridized carbons (Fsp3) is 0.857. The maximum absolute atomic E-state index is 13.3. The van der Waals surface area contributed by atoms with Crippen molar-refractivity contribution in [2.24, 2.45) is 39.9 Å². The normalized spacial score (nSPS) is 64.1. The number of ether oxygens (including phenoxy) is 2. The molecule has 7 heteroatoms. The van der Waals surface area contributed by atoms with Crippen LogP contribution >= 0.6 is 0 Å². The van der Waals surface area contributed by atoms with Crippen LogP contribution in [0.15, 0.2) is 12.2 Å². The van der Waals surface area contributed by atoms with E-state index in [1.165, 1.54) is 0 Å². The largest absolute Gasteiger partial charge is 0.460 e. The maximum atomic E-state index is 13.3. The Hall–Kier alpha value is -1.28. The molecule has 7 nitrogen and oxygen atoms in total. The van der Waals surface area contributed by atoms with Crippen LogP contribution in [0.4, 0.5) is 0 Å². The molecule has 2 heterocycles. The van der Waals surface area contributed by atoms with E-state index < -0.39 is 39.7 Å². The lowest BCUT2D eigenvalue weighted by molar-refractivity contribution is -0.201. The molecule has 2 aliphatic heterocycles. The summed E-state index contributed by atoms with van der Waals surface area (Å²) in [6, 6.07) is 0. The molecule has 7 rings (SSSR count). The van der Waals surface area contributed by atoms with Crippen LogP contribution in [0.1, 0.15) is 72.6 Å². The minimum atomic E-state index is -1.55. The van der Waals surface area contributed by atoms with Crippen molar-refractivity contribution in [1.82, 2.24) is 0 Å². The van der Waals surface area contributed by atoms with Crippen molar-refractivity contribution in [3.8, 4) is 0 Å². The summed E-state index contributed by atoms with van der Waals surface area (Å²) in [5.74, 6) is -0.163. The lowest BCUT2D eigenvalue weighted by Gasteiger charge is -2.59. The summed E-state index contributed by atoms with van der Waals surface area (Å²) in [6.07, 6.45) is 6.90. The zero-order chi connectivity index (χ0) is 25.0. The molecule has 0 aromatic heterocycles. The minimum absolute atomic E-state index is 0.0588. The molecule has 6 fully saturated rings. The first-order valence-corrected chi connectivity index (χ1v) is 13.5. The Kier molecular flexibility index (Phi) is 4.07. The third kappa shape index (κ3) is 2.23. The average Bonchev–Trinajstić information content (AvgIpc) is 3.35. The second-order valence-electron chi connectivity index (χ2n) is 13.9. The molecule has 13 atom stereocenters. The van der Waals surface area contributed by atoms with Crippen LogP contribution < -0.4 is 0 Å². The molecule has 2 bridgehead atoms. The number of carbonyl (C=O) groups is 2. The van der Waals surface area contributed by atoms with Gasteiger partial charge in [-0.2, -0.15) is 0 Å². The van der Waals surface area contributed by atoms with Crippen molar-refractivity contribution in [2.75, 3.05) is 0 Å². The van der Waals surface area contributed by atoms with Gasteiger partial charge in [0.05, 0.1) is 17.1 Å². The summed E-state index contributed by atoms with van der Waals surface area (Å²) in [4.78, 5) is 26.0. The fourth-order valence-corrected chi connectivity index (χ4v) is 10.6. The highest BCUT2D eigenvalue weighted by Gasteiger charge is 2.81. The Balaban J connectivity index is 1.24. The van der Waals surface area contributed by atoms with E-state index in [-0.39, 0.29) is 47.1 Å². The van der Waals surface area contributed by atoms with Gasteiger partial charge in [-0.3, -0.25) is 4.79 Å².